The van der Waals surface area contributed by atoms with Crippen LogP contribution in [-0.2, 0) is 17.8 Å². The Kier molecular flexibility index (Phi) is 3.42. The van der Waals surface area contributed by atoms with E-state index in [1.165, 1.54) is 19.2 Å². The molecule has 1 N–H and O–H groups in total. The molecule has 3 heterocycles. The highest BCUT2D eigenvalue weighted by Crippen LogP contribution is 2.30. The number of phenolic OH excluding ortho intramolecular Hbond substituents is 1. The average Bonchev–Trinajstić information content (AvgIpc) is 3.15. The minimum Gasteiger partial charge on any atom is -0.508 e. The fourth-order valence-electron chi connectivity index (χ4n) is 3.05. The van der Waals surface area contributed by atoms with Gasteiger partial charge >= 0.3 is 5.97 Å². The molecular formula is C18H14N2O5. The van der Waals surface area contributed by atoms with Crippen LogP contribution in [0.15, 0.2) is 41.1 Å². The van der Waals surface area contributed by atoms with Gasteiger partial charge in [-0.05, 0) is 29.8 Å². The number of pyridine rings is 1. The van der Waals surface area contributed by atoms with Gasteiger partial charge in [0, 0.05) is 24.3 Å². The second-order valence-corrected chi connectivity index (χ2v) is 5.81. The topological polar surface area (TPSA) is 92.9 Å². The molecule has 0 spiro atoms. The zero-order valence-corrected chi connectivity index (χ0v) is 13.4. The number of carbonyl (C=O) groups excluding carboxylic acids is 2. The van der Waals surface area contributed by atoms with E-state index in [1.807, 2.05) is 6.07 Å². The van der Waals surface area contributed by atoms with E-state index in [0.29, 0.717) is 28.8 Å². The number of aromatic hydroxyl groups is 1. The number of amides is 1. The number of phenols is 1. The molecule has 0 saturated carbocycles. The molecular weight excluding hydrogens is 324 g/mol. The summed E-state index contributed by atoms with van der Waals surface area (Å²) in [6, 6.07) is 6.32. The van der Waals surface area contributed by atoms with Crippen molar-refractivity contribution in [3.05, 3.63) is 59.1 Å². The number of rotatable bonds is 3. The zero-order chi connectivity index (χ0) is 17.6. The Morgan fingerprint density at radius 3 is 3.00 bits per heavy atom. The zero-order valence-electron chi connectivity index (χ0n) is 13.4. The van der Waals surface area contributed by atoms with Crippen molar-refractivity contribution >= 4 is 22.8 Å². The van der Waals surface area contributed by atoms with Crippen molar-refractivity contribution in [3.63, 3.8) is 0 Å². The van der Waals surface area contributed by atoms with E-state index in [4.69, 9.17) is 9.15 Å². The molecule has 0 saturated heterocycles. The van der Waals surface area contributed by atoms with E-state index in [-0.39, 0.29) is 23.8 Å². The lowest BCUT2D eigenvalue weighted by molar-refractivity contribution is 0.0600. The number of nitrogens with zero attached hydrogens (tertiary/aromatic N) is 2. The second kappa shape index (κ2) is 5.62. The van der Waals surface area contributed by atoms with Crippen molar-refractivity contribution in [2.45, 2.75) is 13.1 Å². The molecule has 0 aliphatic carbocycles. The molecule has 1 aromatic carbocycles. The van der Waals surface area contributed by atoms with E-state index in [0.717, 1.165) is 5.56 Å². The number of methoxy groups -OCH3 is 1. The van der Waals surface area contributed by atoms with Gasteiger partial charge in [-0.15, -0.1) is 0 Å². The summed E-state index contributed by atoms with van der Waals surface area (Å²) in [5, 5.41) is 10.4. The van der Waals surface area contributed by atoms with Gasteiger partial charge in [0.25, 0.3) is 5.91 Å². The molecule has 1 amide bonds. The Morgan fingerprint density at radius 2 is 2.24 bits per heavy atom. The van der Waals surface area contributed by atoms with Crippen molar-refractivity contribution in [3.8, 4) is 5.75 Å². The van der Waals surface area contributed by atoms with Crippen molar-refractivity contribution in [1.29, 1.82) is 0 Å². The summed E-state index contributed by atoms with van der Waals surface area (Å²) in [5.41, 5.74) is 1.98. The molecule has 7 nitrogen and oxygen atoms in total. The predicted octanol–water partition coefficient (Wildman–Crippen LogP) is 2.48. The maximum absolute atomic E-state index is 12.4. The lowest BCUT2D eigenvalue weighted by Crippen LogP contribution is -2.22. The fourth-order valence-corrected chi connectivity index (χ4v) is 3.05. The number of aromatic nitrogens is 1. The number of carbonyl (C=O) groups is 2. The number of esters is 1. The van der Waals surface area contributed by atoms with Crippen LogP contribution in [0.3, 0.4) is 0 Å². The van der Waals surface area contributed by atoms with Crippen molar-refractivity contribution in [1.82, 2.24) is 9.88 Å². The number of ether oxygens (including phenoxy) is 1. The Bertz CT molecular complexity index is 1010. The first-order chi connectivity index (χ1) is 12.1. The van der Waals surface area contributed by atoms with Gasteiger partial charge in [0.1, 0.15) is 22.7 Å². The monoisotopic (exact) mass is 338 g/mol. The van der Waals surface area contributed by atoms with Crippen LogP contribution in [0.5, 0.6) is 5.75 Å². The summed E-state index contributed by atoms with van der Waals surface area (Å²) in [4.78, 5) is 29.9. The summed E-state index contributed by atoms with van der Waals surface area (Å²) in [5.74, 6) is -0.257. The molecule has 0 radical (unpaired) electrons. The van der Waals surface area contributed by atoms with E-state index >= 15 is 0 Å². The first-order valence-electron chi connectivity index (χ1n) is 7.62. The van der Waals surface area contributed by atoms with Crippen LogP contribution in [0.25, 0.3) is 11.0 Å². The van der Waals surface area contributed by atoms with Crippen LogP contribution in [0.2, 0.25) is 0 Å². The van der Waals surface area contributed by atoms with Crippen LogP contribution in [-0.4, -0.2) is 34.0 Å². The highest BCUT2D eigenvalue weighted by atomic mass is 16.5. The summed E-state index contributed by atoms with van der Waals surface area (Å²) < 4.78 is 10.5. The van der Waals surface area contributed by atoms with Gasteiger partial charge in [-0.25, -0.2) is 4.79 Å². The standard InChI is InChI=1S/C18H14N2O5/c1-24-18(23)14-6-12(21)4-11-5-13(25-16(11)14)9-20-8-10-2-3-19-7-15(10)17(20)22/h2-7,21H,8-9H2,1H3. The molecule has 7 heteroatoms. The van der Waals surface area contributed by atoms with Gasteiger partial charge in [0.15, 0.2) is 0 Å². The number of hydrogen-bond donors (Lipinski definition) is 1. The summed E-state index contributed by atoms with van der Waals surface area (Å²) in [7, 11) is 1.26. The van der Waals surface area contributed by atoms with E-state index in [2.05, 4.69) is 4.98 Å². The summed E-state index contributed by atoms with van der Waals surface area (Å²) in [6.07, 6.45) is 3.21. The molecule has 126 valence electrons. The van der Waals surface area contributed by atoms with Crippen LogP contribution in [0.4, 0.5) is 0 Å². The molecule has 1 aliphatic rings. The Morgan fingerprint density at radius 1 is 1.40 bits per heavy atom. The molecule has 2 aromatic heterocycles. The van der Waals surface area contributed by atoms with Crippen LogP contribution < -0.4 is 0 Å². The minimum atomic E-state index is -0.600. The van der Waals surface area contributed by atoms with Gasteiger partial charge in [-0.2, -0.15) is 0 Å². The smallest absolute Gasteiger partial charge is 0.341 e. The summed E-state index contributed by atoms with van der Waals surface area (Å²) in [6.45, 7) is 0.729. The number of benzene rings is 1. The Hall–Kier alpha value is -3.35. The highest BCUT2D eigenvalue weighted by Gasteiger charge is 2.28. The maximum atomic E-state index is 12.4. The average molecular weight is 338 g/mol. The first-order valence-corrected chi connectivity index (χ1v) is 7.62. The molecule has 25 heavy (non-hydrogen) atoms. The van der Waals surface area contributed by atoms with Crippen LogP contribution in [0, 0.1) is 0 Å². The van der Waals surface area contributed by atoms with Crippen LogP contribution in [0.1, 0.15) is 32.0 Å². The van der Waals surface area contributed by atoms with E-state index < -0.39 is 5.97 Å². The first kappa shape index (κ1) is 15.2. The molecule has 1 aliphatic heterocycles. The maximum Gasteiger partial charge on any atom is 0.341 e. The predicted molar refractivity (Wildman–Crippen MR) is 87.0 cm³/mol. The Labute approximate surface area is 142 Å². The van der Waals surface area contributed by atoms with Crippen molar-refractivity contribution in [2.75, 3.05) is 7.11 Å². The molecule has 4 rings (SSSR count). The SMILES string of the molecule is COC(=O)c1cc(O)cc2cc(CN3Cc4ccncc4C3=O)oc12. The number of hydrogen-bond acceptors (Lipinski definition) is 6. The van der Waals surface area contributed by atoms with Crippen LogP contribution >= 0.6 is 0 Å². The molecule has 0 fully saturated rings. The van der Waals surface area contributed by atoms with Gasteiger partial charge < -0.3 is 19.2 Å². The third-order valence-corrected chi connectivity index (χ3v) is 4.19. The second-order valence-electron chi connectivity index (χ2n) is 5.81. The minimum absolute atomic E-state index is 0.0593. The lowest BCUT2D eigenvalue weighted by atomic mass is 10.1. The van der Waals surface area contributed by atoms with Gasteiger partial charge in [0.2, 0.25) is 0 Å². The number of furan rings is 1. The quantitative estimate of drug-likeness (QED) is 0.738. The van der Waals surface area contributed by atoms with Gasteiger partial charge in [-0.1, -0.05) is 0 Å². The van der Waals surface area contributed by atoms with Gasteiger partial charge in [-0.3, -0.25) is 9.78 Å². The number of fused-ring (bicyclic) bond motifs is 2. The largest absolute Gasteiger partial charge is 0.508 e. The molecule has 3 aromatic rings. The van der Waals surface area contributed by atoms with E-state index in [9.17, 15) is 14.7 Å². The third kappa shape index (κ3) is 2.50. The Balaban J connectivity index is 1.68. The molecule has 0 atom stereocenters. The third-order valence-electron chi connectivity index (χ3n) is 4.19. The summed E-state index contributed by atoms with van der Waals surface area (Å²) >= 11 is 0. The van der Waals surface area contributed by atoms with Crippen molar-refractivity contribution < 1.29 is 23.8 Å². The lowest BCUT2D eigenvalue weighted by Gasteiger charge is -2.13. The fraction of sp³-hybridized carbons (Fsp3) is 0.167. The van der Waals surface area contributed by atoms with Crippen molar-refractivity contribution in [2.24, 2.45) is 0 Å². The van der Waals surface area contributed by atoms with E-state index in [1.54, 1.807) is 23.4 Å². The molecule has 0 bridgehead atoms. The highest BCUT2D eigenvalue weighted by molar-refractivity contribution is 6.03. The normalized spacial score (nSPS) is 13.3. The van der Waals surface area contributed by atoms with Gasteiger partial charge in [0.05, 0.1) is 19.2 Å². The molecule has 0 unspecified atom stereocenters.